The molecule has 11 heteroatoms. The molecule has 1 aromatic heterocycles. The first-order valence-corrected chi connectivity index (χ1v) is 10.8. The number of hydrogen-bond acceptors (Lipinski definition) is 6. The number of anilines is 2. The van der Waals surface area contributed by atoms with Crippen LogP contribution in [0.5, 0.6) is 0 Å². The van der Waals surface area contributed by atoms with Gasteiger partial charge in [-0.05, 0) is 49.4 Å². The van der Waals surface area contributed by atoms with E-state index in [2.05, 4.69) is 16.5 Å². The molecule has 1 unspecified atom stereocenters. The van der Waals surface area contributed by atoms with E-state index in [0.717, 1.165) is 0 Å². The topological polar surface area (TPSA) is 146 Å². The number of likely N-dealkylation sites (tertiary alicyclic amines) is 1. The fourth-order valence-electron chi connectivity index (χ4n) is 4.81. The monoisotopic (exact) mass is 456 g/mol. The van der Waals surface area contributed by atoms with Crippen LogP contribution in [0.15, 0.2) is 30.5 Å². The van der Waals surface area contributed by atoms with Crippen molar-refractivity contribution < 1.29 is 23.8 Å². The molecule has 2 aliphatic heterocycles. The Morgan fingerprint density at radius 1 is 1.24 bits per heavy atom. The van der Waals surface area contributed by atoms with Gasteiger partial charge in [-0.3, -0.25) is 9.48 Å². The smallest absolute Gasteiger partial charge is 0.407 e. The average Bonchev–Trinajstić information content (AvgIpc) is 3.24. The third-order valence-electron chi connectivity index (χ3n) is 6.40. The highest BCUT2D eigenvalue weighted by molar-refractivity contribution is 5.98. The number of ether oxygens (including phenoxy) is 1. The number of piperidine rings is 1. The minimum atomic E-state index is -1.05. The van der Waals surface area contributed by atoms with E-state index in [-0.39, 0.29) is 23.8 Å². The number of aromatic nitrogens is 2. The van der Waals surface area contributed by atoms with Crippen molar-refractivity contribution in [2.24, 2.45) is 17.6 Å². The van der Waals surface area contributed by atoms with Crippen molar-refractivity contribution in [2.75, 3.05) is 25.1 Å². The molecule has 0 radical (unpaired) electrons. The number of nitriles is 1. The first-order valence-electron chi connectivity index (χ1n) is 10.8. The molecule has 3 heterocycles. The molecule has 3 atom stereocenters. The molecule has 2 saturated heterocycles. The highest BCUT2D eigenvalue weighted by atomic mass is 19.1. The van der Waals surface area contributed by atoms with Crippen LogP contribution < -0.4 is 11.1 Å². The Kier molecular flexibility index (Phi) is 6.46. The average molecular weight is 456 g/mol. The highest BCUT2D eigenvalue weighted by Crippen LogP contribution is 2.39. The van der Waals surface area contributed by atoms with Crippen molar-refractivity contribution in [3.63, 3.8) is 0 Å². The largest absolute Gasteiger partial charge is 0.465 e. The van der Waals surface area contributed by atoms with Gasteiger partial charge in [0, 0.05) is 31.6 Å². The molecule has 4 rings (SSSR count). The van der Waals surface area contributed by atoms with Gasteiger partial charge in [0.05, 0.1) is 24.1 Å². The lowest BCUT2D eigenvalue weighted by molar-refractivity contribution is -0.00876. The van der Waals surface area contributed by atoms with Crippen molar-refractivity contribution in [1.29, 1.82) is 5.26 Å². The predicted octanol–water partition coefficient (Wildman–Crippen LogP) is 2.72. The second-order valence-corrected chi connectivity index (χ2v) is 8.29. The van der Waals surface area contributed by atoms with Crippen LogP contribution in [0.25, 0.3) is 0 Å². The van der Waals surface area contributed by atoms with Crippen molar-refractivity contribution in [3.8, 4) is 6.07 Å². The van der Waals surface area contributed by atoms with E-state index in [9.17, 15) is 24.3 Å². The van der Waals surface area contributed by atoms with Gasteiger partial charge >= 0.3 is 6.09 Å². The Labute approximate surface area is 189 Å². The Balaban J connectivity index is 1.67. The van der Waals surface area contributed by atoms with Gasteiger partial charge in [-0.1, -0.05) is 0 Å². The summed E-state index contributed by atoms with van der Waals surface area (Å²) < 4.78 is 20.2. The maximum absolute atomic E-state index is 13.2. The summed E-state index contributed by atoms with van der Waals surface area (Å²) in [6, 6.07) is 6.91. The zero-order valence-corrected chi connectivity index (χ0v) is 17.9. The Morgan fingerprint density at radius 3 is 2.55 bits per heavy atom. The van der Waals surface area contributed by atoms with Crippen molar-refractivity contribution in [3.05, 3.63) is 41.8 Å². The van der Waals surface area contributed by atoms with Gasteiger partial charge in [0.25, 0.3) is 5.91 Å². The van der Waals surface area contributed by atoms with E-state index in [1.807, 2.05) is 0 Å². The molecule has 0 bridgehead atoms. The molecule has 1 aromatic carbocycles. The highest BCUT2D eigenvalue weighted by Gasteiger charge is 2.46. The van der Waals surface area contributed by atoms with Crippen LogP contribution in [0.3, 0.4) is 0 Å². The molecule has 2 amide bonds. The van der Waals surface area contributed by atoms with Gasteiger partial charge in [-0.25, -0.2) is 9.18 Å². The van der Waals surface area contributed by atoms with E-state index >= 15 is 0 Å². The number of carboxylic acid groups (broad SMARTS) is 1. The summed E-state index contributed by atoms with van der Waals surface area (Å²) in [5.41, 5.74) is 6.19. The molecule has 4 N–H and O–H groups in total. The van der Waals surface area contributed by atoms with Crippen LogP contribution in [0, 0.1) is 29.0 Å². The molecule has 10 nitrogen and oxygen atoms in total. The number of carbonyl (C=O) groups excluding carboxylic acids is 1. The number of amides is 2. The molecule has 2 fully saturated rings. The predicted molar refractivity (Wildman–Crippen MR) is 115 cm³/mol. The van der Waals surface area contributed by atoms with Gasteiger partial charge in [0.15, 0.2) is 5.82 Å². The molecule has 174 valence electrons. The minimum absolute atomic E-state index is 0.00900. The summed E-state index contributed by atoms with van der Waals surface area (Å²) in [5.74, 6) is -1.60. The quantitative estimate of drug-likeness (QED) is 0.627. The van der Waals surface area contributed by atoms with Crippen LogP contribution in [0.2, 0.25) is 0 Å². The Bertz CT molecular complexity index is 1060. The zero-order chi connectivity index (χ0) is 23.5. The van der Waals surface area contributed by atoms with Gasteiger partial charge in [0.1, 0.15) is 11.4 Å². The number of nitrogens with zero attached hydrogens (tertiary/aromatic N) is 4. The molecule has 0 spiro atoms. The molecular formula is C22H25FN6O4. The molecular weight excluding hydrogens is 431 g/mol. The lowest BCUT2D eigenvalue weighted by Crippen LogP contribution is -2.55. The third-order valence-corrected chi connectivity index (χ3v) is 6.40. The maximum Gasteiger partial charge on any atom is 0.407 e. The van der Waals surface area contributed by atoms with Crippen LogP contribution in [-0.4, -0.2) is 57.6 Å². The first-order chi connectivity index (χ1) is 15.9. The summed E-state index contributed by atoms with van der Waals surface area (Å²) in [6.45, 7) is 1.29. The third kappa shape index (κ3) is 4.61. The molecule has 0 saturated carbocycles. The standard InChI is InChI=1S/C22H25FN6O4/c23-14-1-3-15(4-2-14)26-21-17(20(25)30)12-29(27-21)18-5-8-28(22(31)32)19(16(18)11-24)13-6-9-33-10-7-13/h1-4,12-13,16,18-19H,5-10H2,(H2,25,30)(H,26,27)(H,31,32)/t16-,18-,19?/m1/s1. The number of nitrogens with two attached hydrogens (primary N) is 1. The van der Waals surface area contributed by atoms with Crippen molar-refractivity contribution >= 4 is 23.5 Å². The lowest BCUT2D eigenvalue weighted by Gasteiger charge is -2.45. The van der Waals surface area contributed by atoms with Crippen LogP contribution in [-0.2, 0) is 4.74 Å². The Morgan fingerprint density at radius 2 is 1.94 bits per heavy atom. The Hall–Kier alpha value is -3.65. The molecule has 2 aromatic rings. The minimum Gasteiger partial charge on any atom is -0.465 e. The maximum atomic E-state index is 13.2. The molecule has 2 aliphatic rings. The molecule has 0 aliphatic carbocycles. The van der Waals surface area contributed by atoms with Gasteiger partial charge in [-0.2, -0.15) is 10.4 Å². The van der Waals surface area contributed by atoms with Gasteiger partial charge in [-0.15, -0.1) is 0 Å². The first kappa shape index (κ1) is 22.5. The number of benzene rings is 1. The summed E-state index contributed by atoms with van der Waals surface area (Å²) >= 11 is 0. The summed E-state index contributed by atoms with van der Waals surface area (Å²) in [5, 5.41) is 27.3. The number of carbonyl (C=O) groups is 2. The van der Waals surface area contributed by atoms with E-state index in [1.54, 1.807) is 0 Å². The summed E-state index contributed by atoms with van der Waals surface area (Å²) in [7, 11) is 0. The summed E-state index contributed by atoms with van der Waals surface area (Å²) in [6.07, 6.45) is 2.13. The lowest BCUT2D eigenvalue weighted by atomic mass is 9.76. The zero-order valence-electron chi connectivity index (χ0n) is 17.9. The van der Waals surface area contributed by atoms with Gasteiger partial charge in [0.2, 0.25) is 0 Å². The molecule has 33 heavy (non-hydrogen) atoms. The van der Waals surface area contributed by atoms with Crippen LogP contribution in [0.1, 0.15) is 35.7 Å². The SMILES string of the molecule is N#C[C@H]1C(C2CCOCC2)N(C(=O)O)CC[C@H]1n1cc(C(N)=O)c(Nc2ccc(F)cc2)n1. The van der Waals surface area contributed by atoms with Gasteiger partial charge < -0.3 is 25.8 Å². The number of nitrogens with one attached hydrogen (secondary N) is 1. The van der Waals surface area contributed by atoms with Crippen molar-refractivity contribution in [1.82, 2.24) is 14.7 Å². The number of primary amides is 1. The number of halogens is 1. The number of rotatable bonds is 5. The van der Waals surface area contributed by atoms with Crippen LogP contribution in [0.4, 0.5) is 20.7 Å². The van der Waals surface area contributed by atoms with E-state index in [1.165, 1.54) is 40.0 Å². The van der Waals surface area contributed by atoms with E-state index in [0.29, 0.717) is 38.2 Å². The number of hydrogen-bond donors (Lipinski definition) is 3. The van der Waals surface area contributed by atoms with Crippen LogP contribution >= 0.6 is 0 Å². The summed E-state index contributed by atoms with van der Waals surface area (Å²) in [4.78, 5) is 25.4. The van der Waals surface area contributed by atoms with E-state index in [4.69, 9.17) is 10.5 Å². The second-order valence-electron chi connectivity index (χ2n) is 8.29. The van der Waals surface area contributed by atoms with Crippen molar-refractivity contribution in [2.45, 2.75) is 31.3 Å². The second kappa shape index (κ2) is 9.46. The normalized spacial score (nSPS) is 23.6. The fraction of sp³-hybridized carbons (Fsp3) is 0.455. The van der Waals surface area contributed by atoms with E-state index < -0.39 is 35.8 Å². The fourth-order valence-corrected chi connectivity index (χ4v) is 4.81.